The van der Waals surface area contributed by atoms with Crippen LogP contribution >= 0.6 is 23.4 Å². The molecule has 134 valence electrons. The first-order chi connectivity index (χ1) is 11.5. The Hall–Kier alpha value is -1.21. The van der Waals surface area contributed by atoms with Crippen molar-refractivity contribution in [3.63, 3.8) is 0 Å². The van der Waals surface area contributed by atoms with Gasteiger partial charge in [0.25, 0.3) is 0 Å². The molecule has 1 saturated heterocycles. The van der Waals surface area contributed by atoms with E-state index in [1.807, 2.05) is 6.26 Å². The molecular weight excluding hydrogens is 354 g/mol. The lowest BCUT2D eigenvalue weighted by Crippen LogP contribution is -2.35. The number of allylic oxidation sites excluding steroid dienone is 1. The molecule has 0 spiro atoms. The molecule has 2 amide bonds. The molecule has 0 bridgehead atoms. The van der Waals surface area contributed by atoms with Gasteiger partial charge in [0.15, 0.2) is 0 Å². The summed E-state index contributed by atoms with van der Waals surface area (Å²) in [6, 6.07) is 0. The molecule has 1 unspecified atom stereocenters. The number of thioether (sulfide) groups is 1. The summed E-state index contributed by atoms with van der Waals surface area (Å²) < 4.78 is 9.71. The second-order valence-electron chi connectivity index (χ2n) is 5.77. The number of carbonyl (C=O) groups is 3. The van der Waals surface area contributed by atoms with Crippen molar-refractivity contribution in [2.45, 2.75) is 37.5 Å². The molecule has 2 atom stereocenters. The molecule has 0 saturated carbocycles. The summed E-state index contributed by atoms with van der Waals surface area (Å²) in [6.45, 7) is 0.421. The number of cyclic esters (lactones) is 1. The van der Waals surface area contributed by atoms with Crippen LogP contribution in [-0.4, -0.2) is 54.8 Å². The van der Waals surface area contributed by atoms with Crippen LogP contribution in [0.1, 0.15) is 32.1 Å². The van der Waals surface area contributed by atoms with E-state index in [4.69, 9.17) is 21.1 Å². The van der Waals surface area contributed by atoms with Crippen LogP contribution in [0, 0.1) is 5.92 Å². The number of ether oxygens (including phenoxy) is 2. The molecule has 0 radical (unpaired) electrons. The minimum atomic E-state index is -0.680. The second kappa shape index (κ2) is 8.76. The fraction of sp³-hybridized carbons (Fsp3) is 0.688. The van der Waals surface area contributed by atoms with E-state index in [0.717, 1.165) is 34.6 Å². The molecule has 2 aliphatic rings. The van der Waals surface area contributed by atoms with Crippen LogP contribution in [0.5, 0.6) is 0 Å². The number of halogens is 1. The Morgan fingerprint density at radius 1 is 1.42 bits per heavy atom. The highest BCUT2D eigenvalue weighted by molar-refractivity contribution is 8.02. The zero-order chi connectivity index (χ0) is 17.7. The minimum Gasteiger partial charge on any atom is -0.469 e. The summed E-state index contributed by atoms with van der Waals surface area (Å²) in [7, 11) is 1.31. The Kier molecular flexibility index (Phi) is 6.98. The van der Waals surface area contributed by atoms with Crippen molar-refractivity contribution < 1.29 is 23.9 Å². The number of alkyl halides is 1. The molecule has 1 heterocycles. The smallest absolute Gasteiger partial charge is 0.416 e. The third kappa shape index (κ3) is 4.45. The van der Waals surface area contributed by atoms with Crippen LogP contribution in [0.4, 0.5) is 4.79 Å². The Labute approximate surface area is 150 Å². The highest BCUT2D eigenvalue weighted by atomic mass is 35.5. The van der Waals surface area contributed by atoms with Crippen LogP contribution in [0.25, 0.3) is 0 Å². The standard InChI is InChI=1S/C16H22ClNO5S/c1-22-15(20)12(9-14(19)18-7-8-23-16(18)21)11-5-3-10(17)4-6-13(11)24-2/h10,12H,3-9H2,1-2H3/t10?,12-/m0/s1. The molecule has 1 aliphatic heterocycles. The van der Waals surface area contributed by atoms with E-state index in [-0.39, 0.29) is 24.9 Å². The third-order valence-corrected chi connectivity index (χ3v) is 5.76. The van der Waals surface area contributed by atoms with Gasteiger partial charge in [0.1, 0.15) is 6.61 Å². The lowest BCUT2D eigenvalue weighted by Gasteiger charge is -2.21. The van der Waals surface area contributed by atoms with Crippen molar-refractivity contribution in [1.29, 1.82) is 0 Å². The highest BCUT2D eigenvalue weighted by Crippen LogP contribution is 2.37. The SMILES string of the molecule is COC(=O)[C@@H](CC(=O)N1CCOC1=O)C1=C(SC)CCC(Cl)CC1. The minimum absolute atomic E-state index is 0.0622. The van der Waals surface area contributed by atoms with Crippen molar-refractivity contribution in [1.82, 2.24) is 4.90 Å². The van der Waals surface area contributed by atoms with Gasteiger partial charge in [-0.1, -0.05) is 0 Å². The van der Waals surface area contributed by atoms with Gasteiger partial charge in [0, 0.05) is 11.8 Å². The van der Waals surface area contributed by atoms with E-state index in [1.165, 1.54) is 7.11 Å². The van der Waals surface area contributed by atoms with Gasteiger partial charge >= 0.3 is 12.1 Å². The molecule has 1 aliphatic carbocycles. The van der Waals surface area contributed by atoms with Gasteiger partial charge in [-0.3, -0.25) is 9.59 Å². The molecule has 24 heavy (non-hydrogen) atoms. The number of hydrogen-bond acceptors (Lipinski definition) is 6. The average Bonchev–Trinajstić information content (AvgIpc) is 2.91. The Bertz CT molecular complexity index is 551. The van der Waals surface area contributed by atoms with E-state index in [2.05, 4.69) is 0 Å². The van der Waals surface area contributed by atoms with E-state index in [0.29, 0.717) is 6.42 Å². The number of carbonyl (C=O) groups excluding carboxylic acids is 3. The van der Waals surface area contributed by atoms with Gasteiger partial charge in [-0.15, -0.1) is 23.4 Å². The average molecular weight is 376 g/mol. The summed E-state index contributed by atoms with van der Waals surface area (Å²) in [5, 5.41) is 0.0622. The number of imide groups is 1. The number of nitrogens with zero attached hydrogens (tertiary/aromatic N) is 1. The van der Waals surface area contributed by atoms with Gasteiger partial charge in [-0.05, 0) is 42.4 Å². The van der Waals surface area contributed by atoms with E-state index in [9.17, 15) is 14.4 Å². The number of methoxy groups -OCH3 is 1. The van der Waals surface area contributed by atoms with Crippen LogP contribution in [-0.2, 0) is 19.1 Å². The van der Waals surface area contributed by atoms with E-state index >= 15 is 0 Å². The summed E-state index contributed by atoms with van der Waals surface area (Å²) in [6.07, 6.45) is 4.27. The number of esters is 1. The maximum Gasteiger partial charge on any atom is 0.416 e. The lowest BCUT2D eigenvalue weighted by molar-refractivity contribution is -0.147. The maximum absolute atomic E-state index is 12.4. The first-order valence-electron chi connectivity index (χ1n) is 7.92. The number of hydrogen-bond donors (Lipinski definition) is 0. The predicted molar refractivity (Wildman–Crippen MR) is 91.8 cm³/mol. The van der Waals surface area contributed by atoms with Crippen molar-refractivity contribution in [3.8, 4) is 0 Å². The number of rotatable bonds is 5. The fourth-order valence-corrected chi connectivity index (χ4v) is 4.09. The highest BCUT2D eigenvalue weighted by Gasteiger charge is 2.35. The largest absolute Gasteiger partial charge is 0.469 e. The quantitative estimate of drug-likeness (QED) is 0.543. The molecule has 0 aromatic heterocycles. The van der Waals surface area contributed by atoms with Crippen molar-refractivity contribution in [2.75, 3.05) is 26.5 Å². The van der Waals surface area contributed by atoms with Gasteiger partial charge < -0.3 is 9.47 Å². The summed E-state index contributed by atoms with van der Waals surface area (Å²) in [5.41, 5.74) is 0.915. The van der Waals surface area contributed by atoms with Gasteiger partial charge in [-0.25, -0.2) is 9.69 Å². The van der Waals surface area contributed by atoms with Crippen LogP contribution in [0.3, 0.4) is 0 Å². The fourth-order valence-electron chi connectivity index (χ4n) is 3.04. The number of amides is 2. The van der Waals surface area contributed by atoms with Gasteiger partial charge in [0.05, 0.1) is 19.6 Å². The zero-order valence-electron chi connectivity index (χ0n) is 13.9. The van der Waals surface area contributed by atoms with Gasteiger partial charge in [0.2, 0.25) is 5.91 Å². The molecule has 0 aromatic carbocycles. The lowest BCUT2D eigenvalue weighted by atomic mass is 9.91. The summed E-state index contributed by atoms with van der Waals surface area (Å²) in [4.78, 5) is 38.5. The predicted octanol–water partition coefficient (Wildman–Crippen LogP) is 2.94. The molecule has 1 fully saturated rings. The first-order valence-corrected chi connectivity index (χ1v) is 9.59. The van der Waals surface area contributed by atoms with E-state index < -0.39 is 23.9 Å². The molecule has 0 N–H and O–H groups in total. The van der Waals surface area contributed by atoms with Crippen LogP contribution in [0.2, 0.25) is 0 Å². The second-order valence-corrected chi connectivity index (χ2v) is 7.29. The molecule has 6 nitrogen and oxygen atoms in total. The molecule has 0 aromatic rings. The Morgan fingerprint density at radius 3 is 2.71 bits per heavy atom. The van der Waals surface area contributed by atoms with Crippen molar-refractivity contribution in [3.05, 3.63) is 10.5 Å². The monoisotopic (exact) mass is 375 g/mol. The molecule has 8 heteroatoms. The van der Waals surface area contributed by atoms with Crippen molar-refractivity contribution in [2.24, 2.45) is 5.92 Å². The van der Waals surface area contributed by atoms with Gasteiger partial charge in [-0.2, -0.15) is 0 Å². The Morgan fingerprint density at radius 2 is 2.12 bits per heavy atom. The van der Waals surface area contributed by atoms with E-state index in [1.54, 1.807) is 11.8 Å². The maximum atomic E-state index is 12.4. The topological polar surface area (TPSA) is 72.9 Å². The third-order valence-electron chi connectivity index (χ3n) is 4.36. The molecule has 2 rings (SSSR count). The summed E-state index contributed by atoms with van der Waals surface area (Å²) in [5.74, 6) is -1.54. The normalized spacial score (nSPS) is 22.9. The van der Waals surface area contributed by atoms with Crippen molar-refractivity contribution >= 4 is 41.3 Å². The Balaban J connectivity index is 2.23. The zero-order valence-corrected chi connectivity index (χ0v) is 15.5. The van der Waals surface area contributed by atoms with Crippen LogP contribution < -0.4 is 0 Å². The molecular formula is C16H22ClNO5S. The van der Waals surface area contributed by atoms with Crippen LogP contribution in [0.15, 0.2) is 10.5 Å². The summed E-state index contributed by atoms with van der Waals surface area (Å²) >= 11 is 7.85. The first kappa shape index (κ1) is 19.1.